The normalized spacial score (nSPS) is 18.7. The molecule has 1 atom stereocenters. The maximum absolute atomic E-state index is 13.1. The summed E-state index contributed by atoms with van der Waals surface area (Å²) in [5.74, 6) is 3.45. The average molecular weight is 391 g/mol. The van der Waals surface area contributed by atoms with E-state index in [9.17, 15) is 4.79 Å². The van der Waals surface area contributed by atoms with E-state index in [0.717, 1.165) is 11.1 Å². The largest absolute Gasteiger partial charge is 0.319 e. The fourth-order valence-corrected chi connectivity index (χ4v) is 3.95. The average Bonchev–Trinajstić information content (AvgIpc) is 2.84. The van der Waals surface area contributed by atoms with Crippen LogP contribution >= 0.6 is 0 Å². The van der Waals surface area contributed by atoms with Gasteiger partial charge in [-0.1, -0.05) is 68.0 Å². The maximum Gasteiger partial charge on any atom is 0.241 e. The Morgan fingerprint density at radius 2 is 1.64 bits per heavy atom. The van der Waals surface area contributed by atoms with E-state index in [4.69, 9.17) is 0 Å². The van der Waals surface area contributed by atoms with Crippen LogP contribution in [0.25, 0.3) is 0 Å². The van der Waals surface area contributed by atoms with Gasteiger partial charge < -0.3 is 4.90 Å². The van der Waals surface area contributed by atoms with E-state index < -0.39 is 8.07 Å². The van der Waals surface area contributed by atoms with Crippen LogP contribution in [0.1, 0.15) is 30.5 Å². The van der Waals surface area contributed by atoms with Gasteiger partial charge in [0.2, 0.25) is 5.91 Å². The third-order valence-corrected chi connectivity index (χ3v) is 5.80. The predicted octanol–water partition coefficient (Wildman–Crippen LogP) is 4.19. The first-order valence-electron chi connectivity index (χ1n) is 9.89. The van der Waals surface area contributed by atoms with Gasteiger partial charge in [-0.15, -0.1) is 5.54 Å². The summed E-state index contributed by atoms with van der Waals surface area (Å²) in [6.07, 6.45) is 0.713. The van der Waals surface area contributed by atoms with Gasteiger partial charge in [0.1, 0.15) is 8.07 Å². The fraction of sp³-hybridized carbons (Fsp3) is 0.375. The van der Waals surface area contributed by atoms with Crippen LogP contribution in [0.4, 0.5) is 0 Å². The Morgan fingerprint density at radius 1 is 1.00 bits per heavy atom. The molecule has 3 nitrogen and oxygen atoms in total. The van der Waals surface area contributed by atoms with Crippen molar-refractivity contribution in [3.63, 3.8) is 0 Å². The topological polar surface area (TPSA) is 32.3 Å². The molecule has 0 unspecified atom stereocenters. The molecule has 2 aromatic rings. The van der Waals surface area contributed by atoms with Crippen molar-refractivity contribution >= 4 is 14.0 Å². The van der Waals surface area contributed by atoms with Gasteiger partial charge in [0.05, 0.1) is 11.7 Å². The third kappa shape index (κ3) is 5.12. The predicted molar refractivity (Wildman–Crippen MR) is 118 cm³/mol. The van der Waals surface area contributed by atoms with Crippen molar-refractivity contribution < 1.29 is 4.79 Å². The van der Waals surface area contributed by atoms with Crippen LogP contribution in [0, 0.1) is 11.5 Å². The van der Waals surface area contributed by atoms with Crippen molar-refractivity contribution in [2.75, 3.05) is 0 Å². The summed E-state index contributed by atoms with van der Waals surface area (Å²) in [7, 11) is -1.37. The Kier molecular flexibility index (Phi) is 5.78. The number of carbonyl (C=O) groups excluding carboxylic acids is 1. The molecule has 0 spiro atoms. The van der Waals surface area contributed by atoms with Gasteiger partial charge in [0.15, 0.2) is 0 Å². The van der Waals surface area contributed by atoms with E-state index in [1.165, 1.54) is 5.56 Å². The Morgan fingerprint density at radius 3 is 2.25 bits per heavy atom. The molecule has 1 saturated heterocycles. The maximum atomic E-state index is 13.1. The number of amides is 1. The first-order chi connectivity index (χ1) is 13.1. The highest BCUT2D eigenvalue weighted by Gasteiger charge is 2.43. The van der Waals surface area contributed by atoms with E-state index >= 15 is 0 Å². The zero-order valence-electron chi connectivity index (χ0n) is 17.5. The molecule has 0 aliphatic carbocycles. The van der Waals surface area contributed by atoms with Crippen molar-refractivity contribution in [2.45, 2.75) is 58.2 Å². The molecule has 3 rings (SSSR count). The lowest BCUT2D eigenvalue weighted by Gasteiger charge is -2.31. The van der Waals surface area contributed by atoms with E-state index in [1.54, 1.807) is 0 Å². The molecule has 1 heterocycles. The Hall–Kier alpha value is -2.35. The van der Waals surface area contributed by atoms with E-state index in [0.29, 0.717) is 13.0 Å². The molecule has 0 saturated carbocycles. The minimum atomic E-state index is -1.37. The number of hydrogen-bond acceptors (Lipinski definition) is 2. The number of rotatable bonds is 4. The second-order valence-electron chi connectivity index (χ2n) is 9.07. The Balaban J connectivity index is 1.70. The number of nitrogens with zero attached hydrogens (tertiary/aromatic N) is 1. The summed E-state index contributed by atoms with van der Waals surface area (Å²) in [5, 5.41) is 3.51. The number of hydrogen-bond donors (Lipinski definition) is 1. The van der Waals surface area contributed by atoms with Gasteiger partial charge >= 0.3 is 0 Å². The van der Waals surface area contributed by atoms with E-state index in [-0.39, 0.29) is 17.6 Å². The van der Waals surface area contributed by atoms with Crippen LogP contribution in [0.3, 0.4) is 0 Å². The van der Waals surface area contributed by atoms with E-state index in [2.05, 4.69) is 86.7 Å². The van der Waals surface area contributed by atoms with Crippen LogP contribution in [0.5, 0.6) is 0 Å². The van der Waals surface area contributed by atoms with Crippen molar-refractivity contribution in [1.82, 2.24) is 10.2 Å². The minimum absolute atomic E-state index is 0.163. The first kappa shape index (κ1) is 20.4. The van der Waals surface area contributed by atoms with Crippen LogP contribution in [0.2, 0.25) is 19.6 Å². The van der Waals surface area contributed by atoms with Gasteiger partial charge in [0, 0.05) is 12.1 Å². The molecule has 0 radical (unpaired) electrons. The molecular weight excluding hydrogens is 360 g/mol. The molecule has 28 heavy (non-hydrogen) atoms. The SMILES string of the molecule is CC1(C)N[C@@H](Cc2ccccc2)C(=O)N1Cc1ccc(C#C[Si](C)(C)C)cc1. The van der Waals surface area contributed by atoms with Gasteiger partial charge in [-0.3, -0.25) is 10.1 Å². The summed E-state index contributed by atoms with van der Waals surface area (Å²) in [5.41, 5.74) is 6.37. The monoisotopic (exact) mass is 390 g/mol. The van der Waals surface area contributed by atoms with Gasteiger partial charge in [-0.05, 0) is 43.5 Å². The van der Waals surface area contributed by atoms with Crippen molar-refractivity contribution in [3.05, 3.63) is 71.3 Å². The Bertz CT molecular complexity index is 886. The van der Waals surface area contributed by atoms with E-state index in [1.807, 2.05) is 23.1 Å². The fourth-order valence-electron chi connectivity index (χ4n) is 3.43. The summed E-state index contributed by atoms with van der Waals surface area (Å²) in [4.78, 5) is 15.0. The summed E-state index contributed by atoms with van der Waals surface area (Å²) in [6.45, 7) is 11.5. The van der Waals surface area contributed by atoms with Gasteiger partial charge in [0.25, 0.3) is 0 Å². The molecule has 146 valence electrons. The lowest BCUT2D eigenvalue weighted by molar-refractivity contribution is -0.132. The van der Waals surface area contributed by atoms with Crippen LogP contribution in [-0.4, -0.2) is 30.6 Å². The van der Waals surface area contributed by atoms with Gasteiger partial charge in [-0.2, -0.15) is 0 Å². The van der Waals surface area contributed by atoms with Crippen LogP contribution in [0.15, 0.2) is 54.6 Å². The highest BCUT2D eigenvalue weighted by atomic mass is 28.3. The highest BCUT2D eigenvalue weighted by molar-refractivity contribution is 6.83. The quantitative estimate of drug-likeness (QED) is 0.627. The molecule has 1 amide bonds. The lowest BCUT2D eigenvalue weighted by atomic mass is 10.1. The minimum Gasteiger partial charge on any atom is -0.319 e. The zero-order valence-corrected chi connectivity index (χ0v) is 18.5. The number of nitrogens with one attached hydrogen (secondary N) is 1. The number of benzene rings is 2. The van der Waals surface area contributed by atoms with Crippen LogP contribution < -0.4 is 5.32 Å². The lowest BCUT2D eigenvalue weighted by Crippen LogP contribution is -2.46. The number of carbonyl (C=O) groups is 1. The standard InChI is InChI=1S/C24H30N2OSi/c1-24(2)25-22(17-20-9-7-6-8-10-20)23(27)26(24)18-21-13-11-19(12-14-21)15-16-28(3,4)5/h6-14,22,25H,17-18H2,1-5H3/t22-/m0/s1. The summed E-state index contributed by atoms with van der Waals surface area (Å²) >= 11 is 0. The molecule has 1 fully saturated rings. The van der Waals surface area contributed by atoms with Crippen molar-refractivity contribution in [1.29, 1.82) is 0 Å². The molecule has 1 aliphatic heterocycles. The highest BCUT2D eigenvalue weighted by Crippen LogP contribution is 2.25. The molecule has 1 N–H and O–H groups in total. The summed E-state index contributed by atoms with van der Waals surface area (Å²) < 4.78 is 0. The van der Waals surface area contributed by atoms with Crippen molar-refractivity contribution in [2.24, 2.45) is 0 Å². The molecular formula is C24H30N2OSi. The third-order valence-electron chi connectivity index (χ3n) is 4.93. The second kappa shape index (κ2) is 7.95. The molecule has 1 aliphatic rings. The van der Waals surface area contributed by atoms with Gasteiger partial charge in [-0.25, -0.2) is 0 Å². The molecule has 2 aromatic carbocycles. The smallest absolute Gasteiger partial charge is 0.241 e. The molecule has 0 aromatic heterocycles. The molecule has 0 bridgehead atoms. The second-order valence-corrected chi connectivity index (χ2v) is 13.8. The first-order valence-corrected chi connectivity index (χ1v) is 13.4. The van der Waals surface area contributed by atoms with Crippen LogP contribution in [-0.2, 0) is 17.8 Å². The van der Waals surface area contributed by atoms with Crippen molar-refractivity contribution in [3.8, 4) is 11.5 Å². The molecule has 4 heteroatoms. The Labute approximate surface area is 170 Å². The summed E-state index contributed by atoms with van der Waals surface area (Å²) in [6, 6.07) is 18.3. The zero-order chi connectivity index (χ0) is 20.4.